The van der Waals surface area contributed by atoms with Crippen LogP contribution in [0, 0.1) is 12.8 Å². The predicted octanol–water partition coefficient (Wildman–Crippen LogP) is 3.45. The average Bonchev–Trinajstić information content (AvgIpc) is 2.08. The Bertz CT molecular complexity index is 248. The number of aryl methyl sites for hydroxylation is 1. The van der Waals surface area contributed by atoms with Crippen LogP contribution in [0.3, 0.4) is 0 Å². The van der Waals surface area contributed by atoms with Crippen molar-refractivity contribution in [2.24, 2.45) is 5.92 Å². The molecule has 0 aromatic heterocycles. The lowest BCUT2D eigenvalue weighted by atomic mass is 10.1. The molecular weight excluding hydrogens is 158 g/mol. The van der Waals surface area contributed by atoms with Gasteiger partial charge in [0, 0.05) is 11.7 Å². The molecule has 1 nitrogen and oxygen atoms in total. The number of hydrogen-bond acceptors (Lipinski definition) is 1. The third-order valence-electron chi connectivity index (χ3n) is 2.45. The third-order valence-corrected chi connectivity index (χ3v) is 2.45. The van der Waals surface area contributed by atoms with Gasteiger partial charge in [-0.2, -0.15) is 0 Å². The molecule has 1 aromatic carbocycles. The fourth-order valence-electron chi connectivity index (χ4n) is 1.08. The molecule has 72 valence electrons. The van der Waals surface area contributed by atoms with Crippen molar-refractivity contribution in [3.8, 4) is 0 Å². The van der Waals surface area contributed by atoms with Gasteiger partial charge in [-0.15, -0.1) is 0 Å². The minimum atomic E-state index is 0.530. The van der Waals surface area contributed by atoms with Crippen molar-refractivity contribution in [2.75, 3.05) is 5.32 Å². The van der Waals surface area contributed by atoms with E-state index in [-0.39, 0.29) is 0 Å². The first-order chi connectivity index (χ1) is 6.09. The Kier molecular flexibility index (Phi) is 3.35. The summed E-state index contributed by atoms with van der Waals surface area (Å²) in [6.45, 7) is 8.78. The molecule has 1 N–H and O–H groups in total. The van der Waals surface area contributed by atoms with E-state index in [4.69, 9.17) is 0 Å². The van der Waals surface area contributed by atoms with Crippen LogP contribution in [0.15, 0.2) is 24.3 Å². The minimum Gasteiger partial charge on any atom is -0.382 e. The summed E-state index contributed by atoms with van der Waals surface area (Å²) in [5.41, 5.74) is 2.52. The van der Waals surface area contributed by atoms with Crippen molar-refractivity contribution in [3.63, 3.8) is 0 Å². The third kappa shape index (κ3) is 3.10. The summed E-state index contributed by atoms with van der Waals surface area (Å²) in [6, 6.07) is 9.07. The van der Waals surface area contributed by atoms with Gasteiger partial charge in [0.25, 0.3) is 0 Å². The number of rotatable bonds is 3. The van der Waals surface area contributed by atoms with Crippen molar-refractivity contribution < 1.29 is 0 Å². The Morgan fingerprint density at radius 2 is 1.54 bits per heavy atom. The summed E-state index contributed by atoms with van der Waals surface area (Å²) in [4.78, 5) is 0. The standard InChI is InChI=1S/C12H19N/c1-9(2)11(4)13-12-7-5-10(3)6-8-12/h5-9,11,13H,1-4H3/t11-/m1/s1. The molecule has 1 heteroatoms. The molecule has 0 amide bonds. The van der Waals surface area contributed by atoms with Gasteiger partial charge >= 0.3 is 0 Å². The van der Waals surface area contributed by atoms with E-state index >= 15 is 0 Å². The van der Waals surface area contributed by atoms with Crippen LogP contribution in [-0.2, 0) is 0 Å². The molecule has 0 unspecified atom stereocenters. The second-order valence-electron chi connectivity index (χ2n) is 4.04. The molecular formula is C12H19N. The Morgan fingerprint density at radius 1 is 1.00 bits per heavy atom. The summed E-state index contributed by atoms with van der Waals surface area (Å²) in [5.74, 6) is 0.668. The van der Waals surface area contributed by atoms with E-state index in [9.17, 15) is 0 Å². The lowest BCUT2D eigenvalue weighted by Crippen LogP contribution is -2.21. The second kappa shape index (κ2) is 4.31. The smallest absolute Gasteiger partial charge is 0.0342 e. The number of benzene rings is 1. The molecule has 0 heterocycles. The van der Waals surface area contributed by atoms with E-state index in [0.29, 0.717) is 12.0 Å². The molecule has 13 heavy (non-hydrogen) atoms. The highest BCUT2D eigenvalue weighted by Crippen LogP contribution is 2.12. The van der Waals surface area contributed by atoms with E-state index in [1.807, 2.05) is 0 Å². The van der Waals surface area contributed by atoms with Gasteiger partial charge in [0.15, 0.2) is 0 Å². The normalized spacial score (nSPS) is 13.0. The fourth-order valence-corrected chi connectivity index (χ4v) is 1.08. The van der Waals surface area contributed by atoms with E-state index < -0.39 is 0 Å². The van der Waals surface area contributed by atoms with Crippen LogP contribution in [0.1, 0.15) is 26.3 Å². The van der Waals surface area contributed by atoms with E-state index in [0.717, 1.165) is 0 Å². The molecule has 0 aliphatic carbocycles. The first-order valence-corrected chi connectivity index (χ1v) is 4.93. The van der Waals surface area contributed by atoms with Crippen molar-refractivity contribution in [2.45, 2.75) is 33.7 Å². The summed E-state index contributed by atoms with van der Waals surface area (Å²) < 4.78 is 0. The average molecular weight is 177 g/mol. The first kappa shape index (κ1) is 10.1. The van der Waals surface area contributed by atoms with E-state index in [2.05, 4.69) is 57.3 Å². The van der Waals surface area contributed by atoms with E-state index in [1.165, 1.54) is 11.3 Å². The molecule has 0 radical (unpaired) electrons. The SMILES string of the molecule is Cc1ccc(N[C@H](C)C(C)C)cc1. The van der Waals surface area contributed by atoms with Crippen molar-refractivity contribution in [3.05, 3.63) is 29.8 Å². The maximum Gasteiger partial charge on any atom is 0.0342 e. The Balaban J connectivity index is 2.59. The lowest BCUT2D eigenvalue weighted by Gasteiger charge is -2.18. The zero-order chi connectivity index (χ0) is 9.84. The minimum absolute atomic E-state index is 0.530. The van der Waals surface area contributed by atoms with Crippen LogP contribution in [0.25, 0.3) is 0 Å². The highest BCUT2D eigenvalue weighted by molar-refractivity contribution is 5.45. The Hall–Kier alpha value is -0.980. The molecule has 0 aliphatic heterocycles. The van der Waals surface area contributed by atoms with Gasteiger partial charge in [0.1, 0.15) is 0 Å². The van der Waals surface area contributed by atoms with Crippen molar-refractivity contribution >= 4 is 5.69 Å². The molecule has 1 rings (SSSR count). The number of nitrogens with one attached hydrogen (secondary N) is 1. The zero-order valence-corrected chi connectivity index (χ0v) is 8.96. The van der Waals surface area contributed by atoms with Crippen molar-refractivity contribution in [1.29, 1.82) is 0 Å². The molecule has 0 saturated heterocycles. The molecule has 0 bridgehead atoms. The van der Waals surface area contributed by atoms with Crippen LogP contribution in [-0.4, -0.2) is 6.04 Å². The number of anilines is 1. The molecule has 0 saturated carbocycles. The summed E-state index contributed by atoms with van der Waals surface area (Å²) in [6.07, 6.45) is 0. The highest BCUT2D eigenvalue weighted by Gasteiger charge is 2.05. The molecule has 0 spiro atoms. The largest absolute Gasteiger partial charge is 0.382 e. The zero-order valence-electron chi connectivity index (χ0n) is 8.96. The summed E-state index contributed by atoms with van der Waals surface area (Å²) in [5, 5.41) is 3.47. The van der Waals surface area contributed by atoms with Crippen LogP contribution in [0.5, 0.6) is 0 Å². The first-order valence-electron chi connectivity index (χ1n) is 4.93. The van der Waals surface area contributed by atoms with Crippen LogP contribution in [0.2, 0.25) is 0 Å². The van der Waals surface area contributed by atoms with Gasteiger partial charge in [0.2, 0.25) is 0 Å². The van der Waals surface area contributed by atoms with Crippen LogP contribution < -0.4 is 5.32 Å². The Labute approximate surface area is 81.2 Å². The molecule has 1 atom stereocenters. The van der Waals surface area contributed by atoms with Crippen molar-refractivity contribution in [1.82, 2.24) is 0 Å². The molecule has 0 aliphatic rings. The van der Waals surface area contributed by atoms with Gasteiger partial charge in [-0.3, -0.25) is 0 Å². The molecule has 1 aromatic rings. The summed E-state index contributed by atoms with van der Waals surface area (Å²) >= 11 is 0. The van der Waals surface area contributed by atoms with Gasteiger partial charge in [0.05, 0.1) is 0 Å². The van der Waals surface area contributed by atoms with Crippen LogP contribution in [0.4, 0.5) is 5.69 Å². The van der Waals surface area contributed by atoms with Gasteiger partial charge < -0.3 is 5.32 Å². The van der Waals surface area contributed by atoms with Crippen LogP contribution >= 0.6 is 0 Å². The highest BCUT2D eigenvalue weighted by atomic mass is 14.9. The Morgan fingerprint density at radius 3 is 2.00 bits per heavy atom. The quantitative estimate of drug-likeness (QED) is 0.745. The second-order valence-corrected chi connectivity index (χ2v) is 4.04. The number of hydrogen-bond donors (Lipinski definition) is 1. The predicted molar refractivity (Wildman–Crippen MR) is 59.1 cm³/mol. The fraction of sp³-hybridized carbons (Fsp3) is 0.500. The topological polar surface area (TPSA) is 12.0 Å². The van der Waals surface area contributed by atoms with E-state index in [1.54, 1.807) is 0 Å². The lowest BCUT2D eigenvalue weighted by molar-refractivity contribution is 0.560. The summed E-state index contributed by atoms with van der Waals surface area (Å²) in [7, 11) is 0. The van der Waals surface area contributed by atoms with Gasteiger partial charge in [-0.25, -0.2) is 0 Å². The van der Waals surface area contributed by atoms with Gasteiger partial charge in [-0.05, 0) is 31.9 Å². The molecule has 0 fully saturated rings. The monoisotopic (exact) mass is 177 g/mol. The van der Waals surface area contributed by atoms with Gasteiger partial charge in [-0.1, -0.05) is 31.5 Å². The maximum absolute atomic E-state index is 3.47. The maximum atomic E-state index is 3.47.